The fourth-order valence-corrected chi connectivity index (χ4v) is 4.68. The van der Waals surface area contributed by atoms with E-state index in [1.165, 1.54) is 18.8 Å². The third kappa shape index (κ3) is 4.24. The van der Waals surface area contributed by atoms with Gasteiger partial charge in [-0.15, -0.1) is 0 Å². The molecule has 2 aromatic rings. The number of amides is 1. The first-order valence-electron chi connectivity index (χ1n) is 10.3. The lowest BCUT2D eigenvalue weighted by molar-refractivity contribution is -0.132. The van der Waals surface area contributed by atoms with E-state index < -0.39 is 0 Å². The molecule has 6 nitrogen and oxygen atoms in total. The molecule has 4 rings (SSSR count). The highest BCUT2D eigenvalue weighted by Crippen LogP contribution is 2.36. The van der Waals surface area contributed by atoms with Crippen LogP contribution in [0, 0.1) is 5.82 Å². The van der Waals surface area contributed by atoms with Crippen molar-refractivity contribution in [2.24, 2.45) is 0 Å². The number of aryl methyl sites for hydroxylation is 1. The van der Waals surface area contributed by atoms with Crippen LogP contribution in [0.25, 0.3) is 0 Å². The molecule has 1 aromatic heterocycles. The number of hydrogen-bond donors (Lipinski definition) is 1. The number of halogens is 1. The van der Waals surface area contributed by atoms with Gasteiger partial charge in [-0.05, 0) is 43.5 Å². The lowest BCUT2D eigenvalue weighted by Crippen LogP contribution is -2.47. The Bertz CT molecular complexity index is 781. The van der Waals surface area contributed by atoms with Crippen molar-refractivity contribution >= 4 is 5.91 Å². The molecule has 2 aliphatic heterocycles. The molecule has 150 valence electrons. The second-order valence-corrected chi connectivity index (χ2v) is 7.87. The molecule has 2 aliphatic rings. The van der Waals surface area contributed by atoms with Crippen LogP contribution in [-0.2, 0) is 11.3 Å². The zero-order valence-electron chi connectivity index (χ0n) is 16.1. The number of aromatic nitrogens is 3. The van der Waals surface area contributed by atoms with Gasteiger partial charge in [-0.3, -0.25) is 9.48 Å². The highest BCUT2D eigenvalue weighted by molar-refractivity contribution is 5.77. The summed E-state index contributed by atoms with van der Waals surface area (Å²) in [4.78, 5) is 19.0. The molecule has 0 saturated carbocycles. The third-order valence-corrected chi connectivity index (χ3v) is 6.04. The van der Waals surface area contributed by atoms with E-state index in [1.807, 2.05) is 6.07 Å². The van der Waals surface area contributed by atoms with Gasteiger partial charge in [-0.25, -0.2) is 9.37 Å². The van der Waals surface area contributed by atoms with Gasteiger partial charge in [0.15, 0.2) is 0 Å². The normalized spacial score (nSPS) is 25.2. The van der Waals surface area contributed by atoms with Crippen molar-refractivity contribution < 1.29 is 9.18 Å². The van der Waals surface area contributed by atoms with E-state index in [2.05, 4.69) is 20.3 Å². The molecule has 2 fully saturated rings. The predicted molar refractivity (Wildman–Crippen MR) is 104 cm³/mol. The lowest BCUT2D eigenvalue weighted by atomic mass is 9.88. The van der Waals surface area contributed by atoms with Gasteiger partial charge in [0, 0.05) is 37.5 Å². The summed E-state index contributed by atoms with van der Waals surface area (Å²) in [6, 6.07) is 7.25. The Kier molecular flexibility index (Phi) is 6.00. The van der Waals surface area contributed by atoms with Gasteiger partial charge in [0.2, 0.25) is 5.91 Å². The Hall–Kier alpha value is -2.28. The second-order valence-electron chi connectivity index (χ2n) is 7.87. The van der Waals surface area contributed by atoms with E-state index in [0.717, 1.165) is 37.8 Å². The lowest BCUT2D eigenvalue weighted by Gasteiger charge is -2.31. The topological polar surface area (TPSA) is 63.1 Å². The highest BCUT2D eigenvalue weighted by atomic mass is 19.1. The molecule has 0 spiro atoms. The molecule has 1 N–H and O–H groups in total. The Morgan fingerprint density at radius 3 is 3.04 bits per heavy atom. The van der Waals surface area contributed by atoms with Gasteiger partial charge in [-0.1, -0.05) is 25.0 Å². The largest absolute Gasteiger partial charge is 0.337 e. The minimum absolute atomic E-state index is 0.137. The number of likely N-dealkylation sites (tertiary alicyclic amines) is 1. The van der Waals surface area contributed by atoms with Gasteiger partial charge in [0.05, 0.1) is 0 Å². The first-order chi connectivity index (χ1) is 13.7. The summed E-state index contributed by atoms with van der Waals surface area (Å²) < 4.78 is 15.6. The molecule has 0 aliphatic carbocycles. The van der Waals surface area contributed by atoms with Crippen LogP contribution in [0.5, 0.6) is 0 Å². The number of carbonyl (C=O) groups excluding carboxylic acids is 1. The first kappa shape index (κ1) is 19.1. The molecule has 0 unspecified atom stereocenters. The number of benzene rings is 1. The van der Waals surface area contributed by atoms with Crippen LogP contribution in [0.3, 0.4) is 0 Å². The summed E-state index contributed by atoms with van der Waals surface area (Å²) >= 11 is 0. The maximum Gasteiger partial charge on any atom is 0.222 e. The van der Waals surface area contributed by atoms with Crippen molar-refractivity contribution in [3.05, 3.63) is 48.3 Å². The van der Waals surface area contributed by atoms with Gasteiger partial charge in [0.1, 0.15) is 18.5 Å². The van der Waals surface area contributed by atoms with Crippen LogP contribution in [0.1, 0.15) is 50.0 Å². The summed E-state index contributed by atoms with van der Waals surface area (Å²) in [5.74, 6) is 0.118. The smallest absolute Gasteiger partial charge is 0.222 e. The Morgan fingerprint density at radius 2 is 2.21 bits per heavy atom. The number of nitrogens with one attached hydrogen (secondary N) is 1. The van der Waals surface area contributed by atoms with Crippen molar-refractivity contribution in [2.75, 3.05) is 13.1 Å². The molecule has 0 radical (unpaired) electrons. The number of nitrogens with zero attached hydrogens (tertiary/aromatic N) is 4. The molecular formula is C21H28FN5O. The van der Waals surface area contributed by atoms with Crippen LogP contribution >= 0.6 is 0 Å². The zero-order valence-corrected chi connectivity index (χ0v) is 16.1. The van der Waals surface area contributed by atoms with Gasteiger partial charge < -0.3 is 10.2 Å². The minimum atomic E-state index is -0.211. The molecule has 1 aromatic carbocycles. The quantitative estimate of drug-likeness (QED) is 0.860. The van der Waals surface area contributed by atoms with Crippen LogP contribution in [0.15, 0.2) is 36.9 Å². The summed E-state index contributed by atoms with van der Waals surface area (Å²) in [6.07, 6.45) is 8.93. The summed E-state index contributed by atoms with van der Waals surface area (Å²) in [5.41, 5.74) is 0.987. The molecule has 28 heavy (non-hydrogen) atoms. The molecule has 2 saturated heterocycles. The predicted octanol–water partition coefficient (Wildman–Crippen LogP) is 2.72. The van der Waals surface area contributed by atoms with E-state index in [9.17, 15) is 9.18 Å². The van der Waals surface area contributed by atoms with E-state index in [0.29, 0.717) is 19.5 Å². The standard InChI is InChI=1S/C21H28FN5O/c22-17-7-4-6-16(12-17)18-13-27(19-8-2-1-3-10-24-21(18)19)20(28)9-5-11-26-15-23-14-25-26/h4,6-7,12,14-15,18-19,21,24H,1-3,5,8-11,13H2/t18-,19+,21-/m0/s1. The van der Waals surface area contributed by atoms with Crippen molar-refractivity contribution in [1.29, 1.82) is 0 Å². The Labute approximate surface area is 165 Å². The van der Waals surface area contributed by atoms with Crippen molar-refractivity contribution in [3.8, 4) is 0 Å². The van der Waals surface area contributed by atoms with E-state index >= 15 is 0 Å². The monoisotopic (exact) mass is 385 g/mol. The number of carbonyl (C=O) groups is 1. The summed E-state index contributed by atoms with van der Waals surface area (Å²) in [5, 5.41) is 7.77. The number of rotatable bonds is 5. The summed E-state index contributed by atoms with van der Waals surface area (Å²) in [6.45, 7) is 2.31. The Morgan fingerprint density at radius 1 is 1.29 bits per heavy atom. The SMILES string of the molecule is O=C(CCCn1cncn1)N1C[C@@H](c2cccc(F)c2)[C@@H]2NCCCCC[C@H]21. The van der Waals surface area contributed by atoms with Gasteiger partial charge >= 0.3 is 0 Å². The second kappa shape index (κ2) is 8.82. The molecule has 3 atom stereocenters. The van der Waals surface area contributed by atoms with Crippen LogP contribution < -0.4 is 5.32 Å². The number of fused-ring (bicyclic) bond motifs is 1. The molecule has 1 amide bonds. The van der Waals surface area contributed by atoms with E-state index in [4.69, 9.17) is 0 Å². The molecule has 7 heteroatoms. The average Bonchev–Trinajstić information content (AvgIpc) is 3.29. The van der Waals surface area contributed by atoms with Crippen molar-refractivity contribution in [1.82, 2.24) is 25.0 Å². The maximum atomic E-state index is 13.8. The fraction of sp³-hybridized carbons (Fsp3) is 0.571. The Balaban J connectivity index is 1.48. The van der Waals surface area contributed by atoms with Gasteiger partial charge in [0.25, 0.3) is 0 Å². The highest BCUT2D eigenvalue weighted by Gasteiger charge is 2.43. The molecule has 3 heterocycles. The van der Waals surface area contributed by atoms with Crippen LogP contribution in [0.4, 0.5) is 4.39 Å². The van der Waals surface area contributed by atoms with Crippen LogP contribution in [0.2, 0.25) is 0 Å². The molecular weight excluding hydrogens is 357 g/mol. The minimum Gasteiger partial charge on any atom is -0.337 e. The maximum absolute atomic E-state index is 13.8. The third-order valence-electron chi connectivity index (χ3n) is 6.04. The molecule has 0 bridgehead atoms. The van der Waals surface area contributed by atoms with E-state index in [-0.39, 0.29) is 29.7 Å². The number of hydrogen-bond acceptors (Lipinski definition) is 4. The van der Waals surface area contributed by atoms with Crippen molar-refractivity contribution in [3.63, 3.8) is 0 Å². The van der Waals surface area contributed by atoms with Crippen LogP contribution in [-0.4, -0.2) is 50.7 Å². The van der Waals surface area contributed by atoms with Gasteiger partial charge in [-0.2, -0.15) is 5.10 Å². The average molecular weight is 385 g/mol. The van der Waals surface area contributed by atoms with Crippen molar-refractivity contribution in [2.45, 2.75) is 63.1 Å². The summed E-state index contributed by atoms with van der Waals surface area (Å²) in [7, 11) is 0. The zero-order chi connectivity index (χ0) is 19.3. The van der Waals surface area contributed by atoms with E-state index in [1.54, 1.807) is 23.1 Å². The fourth-order valence-electron chi connectivity index (χ4n) is 4.68. The first-order valence-corrected chi connectivity index (χ1v) is 10.3.